The monoisotopic (exact) mass is 290 g/mol. The van der Waals surface area contributed by atoms with Crippen LogP contribution in [0.5, 0.6) is 0 Å². The molecule has 0 aromatic heterocycles. The number of hydrogen-bond acceptors (Lipinski definition) is 0. The molecule has 0 aliphatic heterocycles. The highest BCUT2D eigenvalue weighted by atomic mass is 14.2. The largest absolute Gasteiger partial charge is 0.0984 e. The fourth-order valence-corrected chi connectivity index (χ4v) is 3.62. The predicted molar refractivity (Wildman–Crippen MR) is 99.0 cm³/mol. The van der Waals surface area contributed by atoms with Gasteiger partial charge in [0.05, 0.1) is 0 Å². The van der Waals surface area contributed by atoms with Crippen LogP contribution < -0.4 is 0 Å². The van der Waals surface area contributed by atoms with Crippen molar-refractivity contribution in [2.24, 2.45) is 5.92 Å². The lowest BCUT2D eigenvalue weighted by atomic mass is 9.92. The molecule has 0 heterocycles. The van der Waals surface area contributed by atoms with Crippen molar-refractivity contribution in [2.75, 3.05) is 0 Å². The summed E-state index contributed by atoms with van der Waals surface area (Å²) in [6.45, 7) is 8.59. The van der Waals surface area contributed by atoms with Gasteiger partial charge in [0, 0.05) is 0 Å². The van der Waals surface area contributed by atoms with Crippen LogP contribution in [-0.2, 0) is 6.42 Å². The minimum absolute atomic E-state index is 0.687. The Hall–Kier alpha value is -1.82. The molecule has 0 amide bonds. The van der Waals surface area contributed by atoms with Crippen molar-refractivity contribution in [1.82, 2.24) is 0 Å². The standard InChI is InChI=1S/C22H26/c1-4-19-10-7-11-20-14-18(12-16(2)3)15-21(22(19)20)13-17-8-5-6-9-17/h4,7,10-11,13-16H,1,5-6,8-9,12H2,2-3H3. The van der Waals surface area contributed by atoms with Crippen LogP contribution in [0.25, 0.3) is 22.9 Å². The van der Waals surface area contributed by atoms with Gasteiger partial charge in [0.2, 0.25) is 0 Å². The first-order valence-corrected chi connectivity index (χ1v) is 8.55. The quantitative estimate of drug-likeness (QED) is 0.592. The van der Waals surface area contributed by atoms with Crippen molar-refractivity contribution in [2.45, 2.75) is 46.0 Å². The Labute approximate surface area is 134 Å². The van der Waals surface area contributed by atoms with Crippen molar-refractivity contribution >= 4 is 22.9 Å². The van der Waals surface area contributed by atoms with Crippen molar-refractivity contribution in [1.29, 1.82) is 0 Å². The van der Waals surface area contributed by atoms with E-state index >= 15 is 0 Å². The highest BCUT2D eigenvalue weighted by molar-refractivity contribution is 5.97. The van der Waals surface area contributed by atoms with Crippen molar-refractivity contribution in [3.63, 3.8) is 0 Å². The first kappa shape index (κ1) is 15.1. The molecule has 22 heavy (non-hydrogen) atoms. The zero-order valence-electron chi connectivity index (χ0n) is 13.9. The van der Waals surface area contributed by atoms with E-state index < -0.39 is 0 Å². The molecule has 0 unspecified atom stereocenters. The number of benzene rings is 2. The van der Waals surface area contributed by atoms with Gasteiger partial charge in [-0.15, -0.1) is 0 Å². The fourth-order valence-electron chi connectivity index (χ4n) is 3.62. The van der Waals surface area contributed by atoms with Gasteiger partial charge in [0.25, 0.3) is 0 Å². The Balaban J connectivity index is 2.19. The zero-order chi connectivity index (χ0) is 15.5. The van der Waals surface area contributed by atoms with Gasteiger partial charge >= 0.3 is 0 Å². The van der Waals surface area contributed by atoms with E-state index in [0.717, 1.165) is 6.42 Å². The molecule has 0 spiro atoms. The van der Waals surface area contributed by atoms with Crippen LogP contribution in [0.1, 0.15) is 56.2 Å². The van der Waals surface area contributed by atoms with Gasteiger partial charge in [-0.25, -0.2) is 0 Å². The van der Waals surface area contributed by atoms with Gasteiger partial charge in [-0.2, -0.15) is 0 Å². The van der Waals surface area contributed by atoms with Gasteiger partial charge in [0.1, 0.15) is 0 Å². The lowest BCUT2D eigenvalue weighted by Gasteiger charge is -2.13. The number of allylic oxidation sites excluding steroid dienone is 1. The molecule has 0 bridgehead atoms. The van der Waals surface area contributed by atoms with Gasteiger partial charge < -0.3 is 0 Å². The topological polar surface area (TPSA) is 0 Å². The van der Waals surface area contributed by atoms with E-state index in [9.17, 15) is 0 Å². The summed E-state index contributed by atoms with van der Waals surface area (Å²) in [6.07, 6.45) is 10.8. The summed E-state index contributed by atoms with van der Waals surface area (Å²) in [6, 6.07) is 11.3. The van der Waals surface area contributed by atoms with E-state index in [1.807, 2.05) is 6.08 Å². The molecule has 3 rings (SSSR count). The summed E-state index contributed by atoms with van der Waals surface area (Å²) in [5, 5.41) is 2.71. The summed E-state index contributed by atoms with van der Waals surface area (Å²) in [7, 11) is 0. The third-order valence-electron chi connectivity index (χ3n) is 4.57. The Bertz CT molecular complexity index is 708. The predicted octanol–water partition coefficient (Wildman–Crippen LogP) is 6.64. The first-order chi connectivity index (χ1) is 10.7. The minimum atomic E-state index is 0.687. The van der Waals surface area contributed by atoms with Crippen molar-refractivity contribution in [3.8, 4) is 0 Å². The van der Waals surface area contributed by atoms with E-state index in [1.54, 1.807) is 5.57 Å². The summed E-state index contributed by atoms with van der Waals surface area (Å²) in [4.78, 5) is 0. The van der Waals surface area contributed by atoms with E-state index in [0.29, 0.717) is 5.92 Å². The van der Waals surface area contributed by atoms with Crippen LogP contribution in [0.4, 0.5) is 0 Å². The molecular weight excluding hydrogens is 264 g/mol. The zero-order valence-corrected chi connectivity index (χ0v) is 13.9. The molecular formula is C22H26. The van der Waals surface area contributed by atoms with Gasteiger partial charge in [0.15, 0.2) is 0 Å². The molecule has 0 atom stereocenters. The summed E-state index contributed by atoms with van der Waals surface area (Å²) in [5.74, 6) is 0.687. The van der Waals surface area contributed by atoms with Crippen LogP contribution >= 0.6 is 0 Å². The normalized spacial score (nSPS) is 14.8. The lowest BCUT2D eigenvalue weighted by molar-refractivity contribution is 0.648. The van der Waals surface area contributed by atoms with Crippen molar-refractivity contribution in [3.05, 3.63) is 59.2 Å². The third-order valence-corrected chi connectivity index (χ3v) is 4.57. The average Bonchev–Trinajstić information content (AvgIpc) is 2.98. The van der Waals surface area contributed by atoms with Crippen LogP contribution in [0, 0.1) is 5.92 Å². The Morgan fingerprint density at radius 3 is 2.55 bits per heavy atom. The number of rotatable bonds is 4. The second-order valence-corrected chi connectivity index (χ2v) is 6.94. The number of fused-ring (bicyclic) bond motifs is 1. The van der Waals surface area contributed by atoms with Gasteiger partial charge in [-0.1, -0.05) is 68.5 Å². The summed E-state index contributed by atoms with van der Waals surface area (Å²) in [5.41, 5.74) is 5.70. The molecule has 0 heteroatoms. The summed E-state index contributed by atoms with van der Waals surface area (Å²) < 4.78 is 0. The van der Waals surface area contributed by atoms with Crippen LogP contribution in [-0.4, -0.2) is 0 Å². The molecule has 2 aromatic carbocycles. The molecule has 0 radical (unpaired) electrons. The smallest absolute Gasteiger partial charge is 0.00389 e. The average molecular weight is 290 g/mol. The molecule has 0 nitrogen and oxygen atoms in total. The maximum absolute atomic E-state index is 4.00. The molecule has 0 saturated heterocycles. The minimum Gasteiger partial charge on any atom is -0.0984 e. The van der Waals surface area contributed by atoms with E-state index in [2.05, 4.69) is 56.8 Å². The molecule has 1 saturated carbocycles. The molecule has 1 aliphatic carbocycles. The fraction of sp³-hybridized carbons (Fsp3) is 0.364. The molecule has 114 valence electrons. The molecule has 1 aliphatic rings. The Morgan fingerprint density at radius 2 is 1.86 bits per heavy atom. The third kappa shape index (κ3) is 3.16. The van der Waals surface area contributed by atoms with Crippen molar-refractivity contribution < 1.29 is 0 Å². The molecule has 1 fully saturated rings. The van der Waals surface area contributed by atoms with Crippen LogP contribution in [0.3, 0.4) is 0 Å². The first-order valence-electron chi connectivity index (χ1n) is 8.55. The molecule has 2 aromatic rings. The van der Waals surface area contributed by atoms with E-state index in [-0.39, 0.29) is 0 Å². The Morgan fingerprint density at radius 1 is 1.09 bits per heavy atom. The maximum Gasteiger partial charge on any atom is -0.00389 e. The van der Waals surface area contributed by atoms with Crippen LogP contribution in [0.15, 0.2) is 42.5 Å². The SMILES string of the molecule is C=Cc1cccc2cc(CC(C)C)cc(C=C3CCCC3)c12. The second-order valence-electron chi connectivity index (χ2n) is 6.94. The Kier molecular flexibility index (Phi) is 4.47. The highest BCUT2D eigenvalue weighted by Crippen LogP contribution is 2.32. The van der Waals surface area contributed by atoms with E-state index in [4.69, 9.17) is 0 Å². The van der Waals surface area contributed by atoms with Gasteiger partial charge in [-0.3, -0.25) is 0 Å². The summed E-state index contributed by atoms with van der Waals surface area (Å²) >= 11 is 0. The second kappa shape index (κ2) is 6.52. The maximum atomic E-state index is 4.00. The highest BCUT2D eigenvalue weighted by Gasteiger charge is 2.11. The molecule has 0 N–H and O–H groups in total. The van der Waals surface area contributed by atoms with Crippen LogP contribution in [0.2, 0.25) is 0 Å². The lowest BCUT2D eigenvalue weighted by Crippen LogP contribution is -1.96. The van der Waals surface area contributed by atoms with E-state index in [1.165, 1.54) is 53.1 Å². The number of hydrogen-bond donors (Lipinski definition) is 0. The van der Waals surface area contributed by atoms with Gasteiger partial charge in [-0.05, 0) is 65.5 Å².